The van der Waals surface area contributed by atoms with E-state index in [1.165, 1.54) is 9.13 Å². The van der Waals surface area contributed by atoms with Gasteiger partial charge in [-0.2, -0.15) is 4.98 Å². The highest BCUT2D eigenvalue weighted by molar-refractivity contribution is 6.30. The lowest BCUT2D eigenvalue weighted by Crippen LogP contribution is -2.44. The maximum atomic E-state index is 13.5. The van der Waals surface area contributed by atoms with E-state index in [0.717, 1.165) is 24.9 Å². The fourth-order valence-electron chi connectivity index (χ4n) is 4.06. The molecule has 1 unspecified atom stereocenters. The zero-order valence-corrected chi connectivity index (χ0v) is 18.4. The van der Waals surface area contributed by atoms with Crippen molar-refractivity contribution in [3.63, 3.8) is 0 Å². The van der Waals surface area contributed by atoms with Crippen molar-refractivity contribution in [2.75, 3.05) is 18.0 Å². The molecule has 2 N–H and O–H groups in total. The fraction of sp³-hybridized carbons (Fsp3) is 0.409. The molecule has 0 amide bonds. The minimum Gasteiger partial charge on any atom is -0.341 e. The number of aromatic nitrogens is 4. The van der Waals surface area contributed by atoms with E-state index in [1.54, 1.807) is 36.7 Å². The number of fused-ring (bicyclic) bond motifs is 1. The number of aryl methyl sites for hydroxylation is 1. The molecular formula is C22H25ClN6O2. The minimum atomic E-state index is -0.425. The van der Waals surface area contributed by atoms with Crippen LogP contribution in [0.1, 0.15) is 25.3 Å². The summed E-state index contributed by atoms with van der Waals surface area (Å²) >= 11 is 6.08. The Morgan fingerprint density at radius 3 is 2.81 bits per heavy atom. The Hall–Kier alpha value is -3.02. The van der Waals surface area contributed by atoms with Crippen LogP contribution in [0.3, 0.4) is 0 Å². The first-order valence-electron chi connectivity index (χ1n) is 10.3. The lowest BCUT2D eigenvalue weighted by Gasteiger charge is -2.31. The Bertz CT molecular complexity index is 1310. The summed E-state index contributed by atoms with van der Waals surface area (Å²) < 4.78 is 4.45. The van der Waals surface area contributed by atoms with Gasteiger partial charge in [0.2, 0.25) is 5.95 Å². The average Bonchev–Trinajstić information content (AvgIpc) is 3.13. The molecule has 8 nitrogen and oxygen atoms in total. The van der Waals surface area contributed by atoms with Gasteiger partial charge in [-0.1, -0.05) is 29.7 Å². The number of hydrogen-bond donors (Lipinski definition) is 1. The van der Waals surface area contributed by atoms with E-state index in [4.69, 9.17) is 22.3 Å². The molecule has 1 aromatic carbocycles. The lowest BCUT2D eigenvalue weighted by atomic mass is 10.1. The first-order chi connectivity index (χ1) is 14.9. The van der Waals surface area contributed by atoms with Gasteiger partial charge in [0.05, 0.1) is 13.1 Å². The summed E-state index contributed by atoms with van der Waals surface area (Å²) in [7, 11) is 1.63. The van der Waals surface area contributed by atoms with E-state index in [-0.39, 0.29) is 12.6 Å². The molecule has 3 heterocycles. The van der Waals surface area contributed by atoms with Crippen LogP contribution in [0.5, 0.6) is 0 Å². The largest absolute Gasteiger partial charge is 0.341 e. The zero-order chi connectivity index (χ0) is 22.1. The van der Waals surface area contributed by atoms with Crippen LogP contribution < -0.4 is 21.9 Å². The van der Waals surface area contributed by atoms with Crippen molar-refractivity contribution in [2.24, 2.45) is 12.8 Å². The van der Waals surface area contributed by atoms with Crippen molar-refractivity contribution in [3.05, 3.63) is 55.7 Å². The topological polar surface area (TPSA) is 91.1 Å². The summed E-state index contributed by atoms with van der Waals surface area (Å²) in [5, 5.41) is 0.551. The van der Waals surface area contributed by atoms with Gasteiger partial charge in [-0.3, -0.25) is 18.5 Å². The second kappa shape index (κ2) is 8.61. The molecule has 0 radical (unpaired) electrons. The van der Waals surface area contributed by atoms with Crippen molar-refractivity contribution in [2.45, 2.75) is 38.9 Å². The molecule has 0 bridgehead atoms. The lowest BCUT2D eigenvalue weighted by molar-refractivity contribution is 0.496. The second-order valence-corrected chi connectivity index (χ2v) is 8.24. The molecule has 2 aromatic heterocycles. The first kappa shape index (κ1) is 21.2. The minimum absolute atomic E-state index is 0.0441. The van der Waals surface area contributed by atoms with Crippen LogP contribution in [0.15, 0.2) is 33.9 Å². The van der Waals surface area contributed by atoms with Gasteiger partial charge in [0.15, 0.2) is 11.2 Å². The Labute approximate surface area is 184 Å². The third-order valence-electron chi connectivity index (χ3n) is 5.60. The van der Waals surface area contributed by atoms with Crippen LogP contribution in [-0.2, 0) is 20.1 Å². The summed E-state index contributed by atoms with van der Waals surface area (Å²) in [6, 6.07) is 7.18. The molecule has 9 heteroatoms. The summed E-state index contributed by atoms with van der Waals surface area (Å²) in [5.74, 6) is 6.54. The van der Waals surface area contributed by atoms with Gasteiger partial charge >= 0.3 is 5.69 Å². The zero-order valence-electron chi connectivity index (χ0n) is 17.6. The average molecular weight is 441 g/mol. The standard InChI is InChI=1S/C22H25ClN6O2/c1-3-4-11-28-18-19(25-21(28)27-10-6-9-17(24)14-27)26(2)22(31)29(20(18)30)13-15-7-5-8-16(23)12-15/h5,7-8,12,17H,6,9-11,13-14,24H2,1-2H3. The highest BCUT2D eigenvalue weighted by Crippen LogP contribution is 2.23. The summed E-state index contributed by atoms with van der Waals surface area (Å²) in [6.07, 6.45) is 1.90. The number of imidazole rings is 1. The van der Waals surface area contributed by atoms with E-state index in [1.807, 2.05) is 6.07 Å². The van der Waals surface area contributed by atoms with Gasteiger partial charge in [0, 0.05) is 31.2 Å². The molecule has 1 aliphatic rings. The van der Waals surface area contributed by atoms with Crippen LogP contribution in [0.2, 0.25) is 5.02 Å². The first-order valence-corrected chi connectivity index (χ1v) is 10.6. The van der Waals surface area contributed by atoms with Gasteiger partial charge in [-0.15, -0.1) is 5.92 Å². The predicted octanol–water partition coefficient (Wildman–Crippen LogP) is 1.55. The summed E-state index contributed by atoms with van der Waals surface area (Å²) in [5.41, 5.74) is 6.84. The van der Waals surface area contributed by atoms with Crippen LogP contribution in [0.4, 0.5) is 5.95 Å². The molecule has 31 heavy (non-hydrogen) atoms. The number of halogens is 1. The van der Waals surface area contributed by atoms with Crippen molar-refractivity contribution in [1.82, 2.24) is 18.7 Å². The van der Waals surface area contributed by atoms with Crippen molar-refractivity contribution >= 4 is 28.7 Å². The molecule has 1 aliphatic heterocycles. The third-order valence-corrected chi connectivity index (χ3v) is 5.83. The molecule has 1 saturated heterocycles. The van der Waals surface area contributed by atoms with E-state index in [2.05, 4.69) is 16.7 Å². The fourth-order valence-corrected chi connectivity index (χ4v) is 4.27. The maximum absolute atomic E-state index is 13.5. The normalized spacial score (nSPS) is 16.4. The highest BCUT2D eigenvalue weighted by atomic mass is 35.5. The van der Waals surface area contributed by atoms with E-state index < -0.39 is 11.2 Å². The number of benzene rings is 1. The Morgan fingerprint density at radius 1 is 1.29 bits per heavy atom. The van der Waals surface area contributed by atoms with E-state index >= 15 is 0 Å². The SMILES string of the molecule is CC#CCn1c(N2CCCC(N)C2)nc2c1c(=O)n(Cc1cccc(Cl)c1)c(=O)n2C. The number of piperidine rings is 1. The predicted molar refractivity (Wildman–Crippen MR) is 123 cm³/mol. The Morgan fingerprint density at radius 2 is 2.10 bits per heavy atom. The maximum Gasteiger partial charge on any atom is 0.332 e. The van der Waals surface area contributed by atoms with Gasteiger partial charge in [-0.25, -0.2) is 4.79 Å². The molecule has 3 aromatic rings. The van der Waals surface area contributed by atoms with Crippen molar-refractivity contribution < 1.29 is 0 Å². The third kappa shape index (κ3) is 3.99. The van der Waals surface area contributed by atoms with Crippen LogP contribution in [0.25, 0.3) is 11.2 Å². The van der Waals surface area contributed by atoms with E-state index in [9.17, 15) is 9.59 Å². The van der Waals surface area contributed by atoms with Crippen molar-refractivity contribution in [3.8, 4) is 11.8 Å². The second-order valence-electron chi connectivity index (χ2n) is 7.81. The van der Waals surface area contributed by atoms with Gasteiger partial charge in [-0.05, 0) is 37.5 Å². The molecule has 1 atom stereocenters. The molecular weight excluding hydrogens is 416 g/mol. The smallest absolute Gasteiger partial charge is 0.332 e. The summed E-state index contributed by atoms with van der Waals surface area (Å²) in [4.78, 5) is 33.3. The Kier molecular flexibility index (Phi) is 5.90. The van der Waals surface area contributed by atoms with Crippen LogP contribution >= 0.6 is 11.6 Å². The monoisotopic (exact) mass is 440 g/mol. The van der Waals surface area contributed by atoms with Crippen LogP contribution in [-0.4, -0.2) is 37.8 Å². The molecule has 0 aliphatic carbocycles. The number of anilines is 1. The van der Waals surface area contributed by atoms with E-state index in [0.29, 0.717) is 35.2 Å². The van der Waals surface area contributed by atoms with Gasteiger partial charge < -0.3 is 10.6 Å². The van der Waals surface area contributed by atoms with Gasteiger partial charge in [0.1, 0.15) is 0 Å². The Balaban J connectivity index is 1.93. The molecule has 0 saturated carbocycles. The quantitative estimate of drug-likeness (QED) is 0.621. The molecule has 4 rings (SSSR count). The number of rotatable bonds is 4. The number of nitrogens with zero attached hydrogens (tertiary/aromatic N) is 5. The number of hydrogen-bond acceptors (Lipinski definition) is 5. The van der Waals surface area contributed by atoms with Gasteiger partial charge in [0.25, 0.3) is 5.56 Å². The summed E-state index contributed by atoms with van der Waals surface area (Å²) in [6.45, 7) is 3.62. The molecule has 1 fully saturated rings. The molecule has 0 spiro atoms. The van der Waals surface area contributed by atoms with Crippen molar-refractivity contribution in [1.29, 1.82) is 0 Å². The highest BCUT2D eigenvalue weighted by Gasteiger charge is 2.26. The number of nitrogens with two attached hydrogens (primary N) is 1. The molecule has 162 valence electrons. The van der Waals surface area contributed by atoms with Crippen LogP contribution in [0, 0.1) is 11.8 Å².